The highest BCUT2D eigenvalue weighted by Crippen LogP contribution is 2.34. The van der Waals surface area contributed by atoms with Gasteiger partial charge in [0, 0.05) is 45.8 Å². The molecule has 2 aromatic rings. The van der Waals surface area contributed by atoms with Crippen molar-refractivity contribution in [3.8, 4) is 0 Å². The number of rotatable bonds is 5. The second kappa shape index (κ2) is 10.1. The topological polar surface area (TPSA) is 82.2 Å². The summed E-state index contributed by atoms with van der Waals surface area (Å²) < 4.78 is 2.54. The molecule has 2 amide bonds. The van der Waals surface area contributed by atoms with Gasteiger partial charge in [0.15, 0.2) is 0 Å². The van der Waals surface area contributed by atoms with Crippen molar-refractivity contribution in [3.63, 3.8) is 0 Å². The second-order valence-corrected chi connectivity index (χ2v) is 9.79. The van der Waals surface area contributed by atoms with Crippen molar-refractivity contribution in [3.05, 3.63) is 37.8 Å². The fourth-order valence-electron chi connectivity index (χ4n) is 3.23. The number of anilines is 3. The molecular formula is C19H23Br3N6O. The molecule has 156 valence electrons. The van der Waals surface area contributed by atoms with Crippen LogP contribution in [-0.4, -0.2) is 42.2 Å². The van der Waals surface area contributed by atoms with E-state index in [0.29, 0.717) is 17.7 Å². The highest BCUT2D eigenvalue weighted by Gasteiger charge is 2.23. The monoisotopic (exact) mass is 588 g/mol. The van der Waals surface area contributed by atoms with E-state index in [9.17, 15) is 4.79 Å². The zero-order chi connectivity index (χ0) is 21.0. The molecule has 0 bridgehead atoms. The van der Waals surface area contributed by atoms with E-state index in [-0.39, 0.29) is 12.1 Å². The SMILES string of the molecule is CN(C)c1ccnc(N[C@H]2CC[C@@H](NC(=O)Nc3c(Br)cc(Br)cc3Br)CC2)n1. The first-order valence-corrected chi connectivity index (χ1v) is 11.7. The highest BCUT2D eigenvalue weighted by atomic mass is 79.9. The number of hydrogen-bond donors (Lipinski definition) is 3. The van der Waals surface area contributed by atoms with Gasteiger partial charge in [0.25, 0.3) is 0 Å². The van der Waals surface area contributed by atoms with Crippen LogP contribution in [0.25, 0.3) is 0 Å². The van der Waals surface area contributed by atoms with E-state index in [4.69, 9.17) is 0 Å². The summed E-state index contributed by atoms with van der Waals surface area (Å²) in [6.45, 7) is 0. The van der Waals surface area contributed by atoms with Crippen molar-refractivity contribution in [2.24, 2.45) is 0 Å². The maximum Gasteiger partial charge on any atom is 0.319 e. The average molecular weight is 591 g/mol. The Morgan fingerprint density at radius 3 is 2.31 bits per heavy atom. The van der Waals surface area contributed by atoms with E-state index in [1.807, 2.05) is 37.2 Å². The molecule has 1 aliphatic carbocycles. The maximum atomic E-state index is 12.4. The van der Waals surface area contributed by atoms with Gasteiger partial charge < -0.3 is 20.9 Å². The van der Waals surface area contributed by atoms with Crippen LogP contribution >= 0.6 is 47.8 Å². The molecule has 3 rings (SSSR count). The summed E-state index contributed by atoms with van der Waals surface area (Å²) >= 11 is 10.4. The smallest absolute Gasteiger partial charge is 0.319 e. The van der Waals surface area contributed by atoms with Crippen molar-refractivity contribution >= 4 is 71.3 Å². The maximum absolute atomic E-state index is 12.4. The van der Waals surface area contributed by atoms with Crippen LogP contribution in [-0.2, 0) is 0 Å². The van der Waals surface area contributed by atoms with E-state index in [1.54, 1.807) is 6.20 Å². The lowest BCUT2D eigenvalue weighted by Gasteiger charge is -2.30. The molecule has 1 heterocycles. The standard InChI is InChI=1S/C19H23Br3N6O/c1-28(2)16-7-8-23-18(26-16)24-12-3-5-13(6-4-12)25-19(29)27-17-14(21)9-11(20)10-15(17)22/h7-10,12-13H,3-6H2,1-2H3,(H,23,24,26)(H2,25,27,29)/t12-,13+. The van der Waals surface area contributed by atoms with Gasteiger partial charge in [0.05, 0.1) is 5.69 Å². The quantitative estimate of drug-likeness (QED) is 0.436. The number of hydrogen-bond acceptors (Lipinski definition) is 5. The third-order valence-electron chi connectivity index (χ3n) is 4.74. The number of benzene rings is 1. The Labute approximate surface area is 195 Å². The van der Waals surface area contributed by atoms with E-state index in [1.165, 1.54) is 0 Å². The Bertz CT molecular complexity index is 848. The van der Waals surface area contributed by atoms with Gasteiger partial charge in [-0.25, -0.2) is 9.78 Å². The number of nitrogens with zero attached hydrogens (tertiary/aromatic N) is 3. The molecule has 1 aliphatic rings. The molecule has 1 saturated carbocycles. The largest absolute Gasteiger partial charge is 0.363 e. The van der Waals surface area contributed by atoms with Gasteiger partial charge in [-0.05, 0) is 75.7 Å². The summed E-state index contributed by atoms with van der Waals surface area (Å²) in [7, 11) is 3.92. The van der Waals surface area contributed by atoms with Gasteiger partial charge in [-0.3, -0.25) is 0 Å². The van der Waals surface area contributed by atoms with Crippen LogP contribution in [0.4, 0.5) is 22.2 Å². The third kappa shape index (κ3) is 6.29. The van der Waals surface area contributed by atoms with Gasteiger partial charge in [-0.2, -0.15) is 4.98 Å². The minimum Gasteiger partial charge on any atom is -0.363 e. The summed E-state index contributed by atoms with van der Waals surface area (Å²) in [5, 5.41) is 9.41. The zero-order valence-corrected chi connectivity index (χ0v) is 20.9. The van der Waals surface area contributed by atoms with Crippen molar-refractivity contribution in [1.29, 1.82) is 0 Å². The number of nitrogens with one attached hydrogen (secondary N) is 3. The van der Waals surface area contributed by atoms with Crippen LogP contribution in [0.3, 0.4) is 0 Å². The molecule has 7 nitrogen and oxygen atoms in total. The first-order valence-electron chi connectivity index (χ1n) is 9.31. The average Bonchev–Trinajstić information content (AvgIpc) is 2.66. The lowest BCUT2D eigenvalue weighted by atomic mass is 9.91. The first-order chi connectivity index (χ1) is 13.8. The lowest BCUT2D eigenvalue weighted by Crippen LogP contribution is -2.42. The van der Waals surface area contributed by atoms with Gasteiger partial charge in [0.2, 0.25) is 5.95 Å². The number of amides is 2. The Morgan fingerprint density at radius 1 is 1.07 bits per heavy atom. The summed E-state index contributed by atoms with van der Waals surface area (Å²) in [4.78, 5) is 23.2. The molecule has 10 heteroatoms. The van der Waals surface area contributed by atoms with Crippen molar-refractivity contribution < 1.29 is 4.79 Å². The van der Waals surface area contributed by atoms with Gasteiger partial charge in [-0.1, -0.05) is 15.9 Å². The van der Waals surface area contributed by atoms with E-state index < -0.39 is 0 Å². The summed E-state index contributed by atoms with van der Waals surface area (Å²) in [5.74, 6) is 1.52. The number of halogens is 3. The van der Waals surface area contributed by atoms with E-state index >= 15 is 0 Å². The minimum atomic E-state index is -0.202. The number of urea groups is 1. The molecule has 0 aliphatic heterocycles. The fourth-order valence-corrected chi connectivity index (χ4v) is 5.69. The Balaban J connectivity index is 1.48. The van der Waals surface area contributed by atoms with Crippen LogP contribution in [0.2, 0.25) is 0 Å². The first kappa shape index (κ1) is 22.3. The minimum absolute atomic E-state index is 0.148. The zero-order valence-electron chi connectivity index (χ0n) is 16.2. The number of carbonyl (C=O) groups is 1. The molecule has 0 unspecified atom stereocenters. The molecular weight excluding hydrogens is 568 g/mol. The Kier molecular flexibility index (Phi) is 7.75. The summed E-state index contributed by atoms with van der Waals surface area (Å²) in [6, 6.07) is 5.92. The fraction of sp³-hybridized carbons (Fsp3) is 0.421. The van der Waals surface area contributed by atoms with Crippen LogP contribution in [0, 0.1) is 0 Å². The normalized spacial score (nSPS) is 18.8. The molecule has 0 radical (unpaired) electrons. The molecule has 1 fully saturated rings. The van der Waals surface area contributed by atoms with E-state index in [2.05, 4.69) is 73.7 Å². The van der Waals surface area contributed by atoms with Gasteiger partial charge in [0.1, 0.15) is 5.82 Å². The Morgan fingerprint density at radius 2 is 1.69 bits per heavy atom. The molecule has 1 aromatic heterocycles. The Hall–Kier alpha value is -1.39. The molecule has 3 N–H and O–H groups in total. The highest BCUT2D eigenvalue weighted by molar-refractivity contribution is 9.11. The molecule has 0 spiro atoms. The molecule has 0 atom stereocenters. The van der Waals surface area contributed by atoms with Crippen molar-refractivity contribution in [2.75, 3.05) is 29.6 Å². The van der Waals surface area contributed by atoms with Crippen LogP contribution < -0.4 is 20.9 Å². The predicted molar refractivity (Wildman–Crippen MR) is 128 cm³/mol. The van der Waals surface area contributed by atoms with E-state index in [0.717, 1.165) is 44.9 Å². The van der Waals surface area contributed by atoms with Crippen molar-refractivity contribution in [1.82, 2.24) is 15.3 Å². The summed E-state index contributed by atoms with van der Waals surface area (Å²) in [5.41, 5.74) is 0.707. The van der Waals surface area contributed by atoms with Crippen LogP contribution in [0.1, 0.15) is 25.7 Å². The third-order valence-corrected chi connectivity index (χ3v) is 6.45. The molecule has 29 heavy (non-hydrogen) atoms. The lowest BCUT2D eigenvalue weighted by molar-refractivity contribution is 0.243. The second-order valence-electron chi connectivity index (χ2n) is 7.17. The predicted octanol–water partition coefficient (Wildman–Crippen LogP) is 5.37. The van der Waals surface area contributed by atoms with Crippen LogP contribution in [0.5, 0.6) is 0 Å². The summed E-state index contributed by atoms with van der Waals surface area (Å²) in [6.07, 6.45) is 5.47. The van der Waals surface area contributed by atoms with Gasteiger partial charge >= 0.3 is 6.03 Å². The number of carbonyl (C=O) groups excluding carboxylic acids is 1. The van der Waals surface area contributed by atoms with Gasteiger partial charge in [-0.15, -0.1) is 0 Å². The van der Waals surface area contributed by atoms with Crippen molar-refractivity contribution in [2.45, 2.75) is 37.8 Å². The molecule has 1 aromatic carbocycles. The number of aromatic nitrogens is 2. The molecule has 0 saturated heterocycles. The van der Waals surface area contributed by atoms with Crippen LogP contribution in [0.15, 0.2) is 37.8 Å².